The summed E-state index contributed by atoms with van der Waals surface area (Å²) in [4.78, 5) is 15.0. The van der Waals surface area contributed by atoms with E-state index < -0.39 is 5.97 Å². The average Bonchev–Trinajstić information content (AvgIpc) is 2.41. The van der Waals surface area contributed by atoms with Gasteiger partial charge < -0.3 is 10.4 Å². The Morgan fingerprint density at radius 2 is 2.11 bits per heavy atom. The highest BCUT2D eigenvalue weighted by molar-refractivity contribution is 9.10. The molecule has 0 unspecified atom stereocenters. The molecule has 0 amide bonds. The second-order valence-electron chi connectivity index (χ2n) is 4.04. The number of nitrogens with zero attached hydrogens (tertiary/aromatic N) is 1. The lowest BCUT2D eigenvalue weighted by atomic mass is 10.1. The minimum atomic E-state index is -0.923. The third-order valence-electron chi connectivity index (χ3n) is 2.65. The number of hydrogen-bond donors (Lipinski definition) is 2. The predicted octanol–water partition coefficient (Wildman–Crippen LogP) is 2.83. The summed E-state index contributed by atoms with van der Waals surface area (Å²) in [5, 5.41) is 12.1. The van der Waals surface area contributed by atoms with Gasteiger partial charge in [-0.25, -0.2) is 4.79 Å². The topological polar surface area (TPSA) is 62.2 Å². The van der Waals surface area contributed by atoms with E-state index in [0.29, 0.717) is 13.1 Å². The lowest BCUT2D eigenvalue weighted by Gasteiger charge is -2.07. The Bertz CT molecular complexity index is 573. The molecule has 2 rings (SSSR count). The van der Waals surface area contributed by atoms with E-state index in [0.717, 1.165) is 15.7 Å². The minimum Gasteiger partial charge on any atom is -0.478 e. The van der Waals surface area contributed by atoms with E-state index in [2.05, 4.69) is 26.2 Å². The molecule has 0 atom stereocenters. The Hall–Kier alpha value is -1.72. The van der Waals surface area contributed by atoms with E-state index in [9.17, 15) is 4.79 Å². The highest BCUT2D eigenvalue weighted by Crippen LogP contribution is 2.18. The van der Waals surface area contributed by atoms with Gasteiger partial charge >= 0.3 is 5.97 Å². The molecule has 1 aromatic carbocycles. The number of carboxylic acid groups (broad SMARTS) is 1. The van der Waals surface area contributed by atoms with Crippen LogP contribution in [0.15, 0.2) is 47.1 Å². The van der Waals surface area contributed by atoms with Crippen molar-refractivity contribution in [3.8, 4) is 0 Å². The van der Waals surface area contributed by atoms with Crippen molar-refractivity contribution in [1.29, 1.82) is 0 Å². The van der Waals surface area contributed by atoms with Crippen LogP contribution in [-0.2, 0) is 13.1 Å². The highest BCUT2D eigenvalue weighted by Gasteiger charge is 2.06. The van der Waals surface area contributed by atoms with Gasteiger partial charge in [0.15, 0.2) is 0 Å². The van der Waals surface area contributed by atoms with E-state index in [1.165, 1.54) is 0 Å². The molecule has 98 valence electrons. The van der Waals surface area contributed by atoms with Crippen LogP contribution in [-0.4, -0.2) is 16.1 Å². The smallest absolute Gasteiger partial charge is 0.335 e. The molecule has 1 heterocycles. The van der Waals surface area contributed by atoms with Crippen LogP contribution in [0.4, 0.5) is 0 Å². The van der Waals surface area contributed by atoms with E-state index >= 15 is 0 Å². The number of halogens is 1. The maximum atomic E-state index is 10.8. The van der Waals surface area contributed by atoms with E-state index in [1.807, 2.05) is 18.2 Å². The van der Waals surface area contributed by atoms with Gasteiger partial charge in [-0.15, -0.1) is 0 Å². The monoisotopic (exact) mass is 320 g/mol. The lowest BCUT2D eigenvalue weighted by molar-refractivity contribution is 0.0697. The molecule has 4 nitrogen and oxygen atoms in total. The summed E-state index contributed by atoms with van der Waals surface area (Å²) in [6, 6.07) is 10.8. The zero-order chi connectivity index (χ0) is 13.7. The van der Waals surface area contributed by atoms with Crippen LogP contribution in [0, 0.1) is 0 Å². The molecule has 0 aliphatic carbocycles. The van der Waals surface area contributed by atoms with Crippen LogP contribution in [0.25, 0.3) is 0 Å². The summed E-state index contributed by atoms with van der Waals surface area (Å²) >= 11 is 3.38. The van der Waals surface area contributed by atoms with Crippen molar-refractivity contribution in [2.75, 3.05) is 0 Å². The number of aromatic nitrogens is 1. The van der Waals surface area contributed by atoms with Gasteiger partial charge in [0.25, 0.3) is 0 Å². The summed E-state index contributed by atoms with van der Waals surface area (Å²) in [6.07, 6.45) is 1.76. The minimum absolute atomic E-state index is 0.278. The predicted molar refractivity (Wildman–Crippen MR) is 75.9 cm³/mol. The summed E-state index contributed by atoms with van der Waals surface area (Å²) in [5.41, 5.74) is 2.27. The van der Waals surface area contributed by atoms with Gasteiger partial charge in [-0.2, -0.15) is 0 Å². The Labute approximate surface area is 119 Å². The molecule has 2 aromatic rings. The van der Waals surface area contributed by atoms with Crippen molar-refractivity contribution in [2.24, 2.45) is 0 Å². The van der Waals surface area contributed by atoms with Crippen molar-refractivity contribution in [2.45, 2.75) is 13.1 Å². The second-order valence-corrected chi connectivity index (χ2v) is 4.89. The molecule has 1 aromatic heterocycles. The van der Waals surface area contributed by atoms with Crippen LogP contribution in [0.2, 0.25) is 0 Å². The number of benzene rings is 1. The lowest BCUT2D eigenvalue weighted by Crippen LogP contribution is -2.14. The third-order valence-corrected chi connectivity index (χ3v) is 3.39. The molecule has 0 fully saturated rings. The van der Waals surface area contributed by atoms with Gasteiger partial charge in [-0.1, -0.05) is 28.1 Å². The fourth-order valence-electron chi connectivity index (χ4n) is 1.65. The highest BCUT2D eigenvalue weighted by atomic mass is 79.9. The number of carbonyl (C=O) groups is 1. The van der Waals surface area contributed by atoms with Crippen LogP contribution < -0.4 is 5.32 Å². The van der Waals surface area contributed by atoms with E-state index in [-0.39, 0.29) is 5.56 Å². The molecule has 0 spiro atoms. The number of nitrogens with one attached hydrogen (secondary N) is 1. The largest absolute Gasteiger partial charge is 0.478 e. The Balaban J connectivity index is 1.95. The maximum Gasteiger partial charge on any atom is 0.335 e. The van der Waals surface area contributed by atoms with Crippen molar-refractivity contribution >= 4 is 21.9 Å². The molecule has 0 bridgehead atoms. The molecular weight excluding hydrogens is 308 g/mol. The quantitative estimate of drug-likeness (QED) is 0.889. The van der Waals surface area contributed by atoms with Gasteiger partial charge in [0.2, 0.25) is 0 Å². The molecule has 0 saturated heterocycles. The van der Waals surface area contributed by atoms with Crippen LogP contribution in [0.5, 0.6) is 0 Å². The zero-order valence-corrected chi connectivity index (χ0v) is 11.7. The van der Waals surface area contributed by atoms with Crippen LogP contribution in [0.1, 0.15) is 21.6 Å². The SMILES string of the molecule is O=C(O)c1ccc(CNCc2ccccn2)c(Br)c1. The van der Waals surface area contributed by atoms with Crippen LogP contribution >= 0.6 is 15.9 Å². The second kappa shape index (κ2) is 6.45. The average molecular weight is 321 g/mol. The molecule has 0 saturated carbocycles. The van der Waals surface area contributed by atoms with Gasteiger partial charge in [0, 0.05) is 23.8 Å². The van der Waals surface area contributed by atoms with Gasteiger partial charge in [-0.3, -0.25) is 4.98 Å². The molecule has 0 aliphatic heterocycles. The first-order valence-corrected chi connectivity index (χ1v) is 6.58. The fourth-order valence-corrected chi connectivity index (χ4v) is 2.17. The molecule has 5 heteroatoms. The summed E-state index contributed by atoms with van der Waals surface area (Å²) in [7, 11) is 0. The first kappa shape index (κ1) is 13.7. The van der Waals surface area contributed by atoms with E-state index in [1.54, 1.807) is 24.4 Å². The molecule has 19 heavy (non-hydrogen) atoms. The van der Waals surface area contributed by atoms with Crippen molar-refractivity contribution < 1.29 is 9.90 Å². The maximum absolute atomic E-state index is 10.8. The standard InChI is InChI=1S/C14H13BrN2O2/c15-13-7-10(14(18)19)4-5-11(13)8-16-9-12-3-1-2-6-17-12/h1-7,16H,8-9H2,(H,18,19). The molecule has 0 aliphatic rings. The summed E-state index contributed by atoms with van der Waals surface area (Å²) in [5.74, 6) is -0.923. The van der Waals surface area contributed by atoms with Gasteiger partial charge in [-0.05, 0) is 29.8 Å². The summed E-state index contributed by atoms with van der Waals surface area (Å²) in [6.45, 7) is 1.32. The Morgan fingerprint density at radius 1 is 1.26 bits per heavy atom. The van der Waals surface area contributed by atoms with Crippen molar-refractivity contribution in [1.82, 2.24) is 10.3 Å². The number of hydrogen-bond acceptors (Lipinski definition) is 3. The molecule has 2 N–H and O–H groups in total. The van der Waals surface area contributed by atoms with E-state index in [4.69, 9.17) is 5.11 Å². The molecule has 0 radical (unpaired) electrons. The number of aromatic carboxylic acids is 1. The zero-order valence-electron chi connectivity index (χ0n) is 10.1. The van der Waals surface area contributed by atoms with Crippen molar-refractivity contribution in [3.05, 3.63) is 63.9 Å². The van der Waals surface area contributed by atoms with Crippen LogP contribution in [0.3, 0.4) is 0 Å². The normalized spacial score (nSPS) is 10.4. The third kappa shape index (κ3) is 3.87. The fraction of sp³-hybridized carbons (Fsp3) is 0.143. The Kier molecular flexibility index (Phi) is 4.65. The van der Waals surface area contributed by atoms with Gasteiger partial charge in [0.05, 0.1) is 11.3 Å². The first-order chi connectivity index (χ1) is 9.16. The molecular formula is C14H13BrN2O2. The number of carboxylic acids is 1. The first-order valence-electron chi connectivity index (χ1n) is 5.79. The number of pyridine rings is 1. The van der Waals surface area contributed by atoms with Gasteiger partial charge in [0.1, 0.15) is 0 Å². The number of rotatable bonds is 5. The van der Waals surface area contributed by atoms with Crippen molar-refractivity contribution in [3.63, 3.8) is 0 Å². The summed E-state index contributed by atoms with van der Waals surface area (Å²) < 4.78 is 0.793. The Morgan fingerprint density at radius 3 is 2.74 bits per heavy atom.